The molecule has 2 unspecified atom stereocenters. The van der Waals surface area contributed by atoms with Gasteiger partial charge in [0.1, 0.15) is 17.9 Å². The van der Waals surface area contributed by atoms with E-state index in [0.717, 1.165) is 11.3 Å². The molecule has 106 valence electrons. The lowest BCUT2D eigenvalue weighted by molar-refractivity contribution is -0.138. The Hall–Kier alpha value is -2.13. The molecule has 0 aliphatic carbocycles. The number of rotatable bonds is 3. The molecular formula is C14H17N3O3. The molecule has 6 heteroatoms. The third-order valence-electron chi connectivity index (χ3n) is 3.59. The van der Waals surface area contributed by atoms with Gasteiger partial charge in [-0.25, -0.2) is 9.78 Å². The van der Waals surface area contributed by atoms with Crippen LogP contribution in [0.1, 0.15) is 23.2 Å². The van der Waals surface area contributed by atoms with Gasteiger partial charge in [-0.1, -0.05) is 0 Å². The summed E-state index contributed by atoms with van der Waals surface area (Å²) in [6.07, 6.45) is 0.232. The molecular weight excluding hydrogens is 258 g/mol. The van der Waals surface area contributed by atoms with Crippen molar-refractivity contribution < 1.29 is 14.6 Å². The van der Waals surface area contributed by atoms with E-state index in [1.54, 1.807) is 12.0 Å². The average molecular weight is 275 g/mol. The van der Waals surface area contributed by atoms with E-state index >= 15 is 0 Å². The number of ether oxygens (including phenoxy) is 1. The molecule has 6 nitrogen and oxygen atoms in total. The topological polar surface area (TPSA) is 86.5 Å². The Balaban J connectivity index is 2.49. The molecule has 0 bridgehead atoms. The van der Waals surface area contributed by atoms with Crippen LogP contribution in [0.4, 0.5) is 5.82 Å². The van der Waals surface area contributed by atoms with Gasteiger partial charge in [-0.15, -0.1) is 0 Å². The van der Waals surface area contributed by atoms with Gasteiger partial charge in [-0.2, -0.15) is 5.26 Å². The Morgan fingerprint density at radius 2 is 2.30 bits per heavy atom. The summed E-state index contributed by atoms with van der Waals surface area (Å²) in [4.78, 5) is 17.4. The molecule has 1 aromatic heterocycles. The van der Waals surface area contributed by atoms with Crippen molar-refractivity contribution in [1.82, 2.24) is 4.98 Å². The molecule has 1 N–H and O–H groups in total. The Morgan fingerprint density at radius 1 is 1.60 bits per heavy atom. The number of aromatic nitrogens is 1. The van der Waals surface area contributed by atoms with E-state index in [0.29, 0.717) is 24.3 Å². The largest absolute Gasteiger partial charge is 0.480 e. The smallest absolute Gasteiger partial charge is 0.326 e. The third kappa shape index (κ3) is 2.45. The zero-order valence-electron chi connectivity index (χ0n) is 11.8. The first-order valence-electron chi connectivity index (χ1n) is 6.38. The van der Waals surface area contributed by atoms with Crippen LogP contribution in [0.25, 0.3) is 0 Å². The van der Waals surface area contributed by atoms with E-state index in [2.05, 4.69) is 11.1 Å². The number of aliphatic carboxylic acids is 1. The van der Waals surface area contributed by atoms with Crippen LogP contribution in [0.2, 0.25) is 0 Å². The molecule has 0 saturated carbocycles. The fraction of sp³-hybridized carbons (Fsp3) is 0.500. The molecule has 1 saturated heterocycles. The Morgan fingerprint density at radius 3 is 2.85 bits per heavy atom. The summed E-state index contributed by atoms with van der Waals surface area (Å²) < 4.78 is 5.26. The van der Waals surface area contributed by atoms with Gasteiger partial charge in [0.05, 0.1) is 11.7 Å². The van der Waals surface area contributed by atoms with Gasteiger partial charge in [-0.3, -0.25) is 0 Å². The Labute approximate surface area is 117 Å². The highest BCUT2D eigenvalue weighted by Crippen LogP contribution is 2.30. The maximum atomic E-state index is 11.4. The van der Waals surface area contributed by atoms with Crippen molar-refractivity contribution in [3.63, 3.8) is 0 Å². The van der Waals surface area contributed by atoms with E-state index in [1.165, 1.54) is 0 Å². The molecule has 0 aromatic carbocycles. The summed E-state index contributed by atoms with van der Waals surface area (Å²) in [6.45, 7) is 4.09. The number of nitrogens with zero attached hydrogens (tertiary/aromatic N) is 3. The molecule has 1 aromatic rings. The Kier molecular flexibility index (Phi) is 3.91. The van der Waals surface area contributed by atoms with E-state index in [9.17, 15) is 15.2 Å². The van der Waals surface area contributed by atoms with E-state index in [1.807, 2.05) is 19.9 Å². The number of hydrogen-bond donors (Lipinski definition) is 1. The van der Waals surface area contributed by atoms with E-state index < -0.39 is 12.0 Å². The number of carboxylic acid groups (broad SMARTS) is 1. The highest BCUT2D eigenvalue weighted by molar-refractivity contribution is 5.79. The first kappa shape index (κ1) is 14.3. The van der Waals surface area contributed by atoms with Crippen LogP contribution in [-0.2, 0) is 9.53 Å². The van der Waals surface area contributed by atoms with Gasteiger partial charge in [0.2, 0.25) is 0 Å². The number of carboxylic acids is 1. The summed E-state index contributed by atoms with van der Waals surface area (Å²) >= 11 is 0. The van der Waals surface area contributed by atoms with Gasteiger partial charge in [0.25, 0.3) is 0 Å². The van der Waals surface area contributed by atoms with E-state index in [4.69, 9.17) is 4.74 Å². The molecule has 1 aliphatic heterocycles. The molecule has 0 radical (unpaired) electrons. The lowest BCUT2D eigenvalue weighted by Crippen LogP contribution is -2.37. The first-order chi connectivity index (χ1) is 9.47. The SMILES string of the molecule is COC1CC(C(=O)O)N(c2nc(C)cc(C)c2C#N)C1. The van der Waals surface area contributed by atoms with Crippen LogP contribution in [0, 0.1) is 25.2 Å². The highest BCUT2D eigenvalue weighted by atomic mass is 16.5. The molecule has 2 atom stereocenters. The average Bonchev–Trinajstić information content (AvgIpc) is 2.82. The molecule has 1 fully saturated rings. The lowest BCUT2D eigenvalue weighted by Gasteiger charge is -2.24. The van der Waals surface area contributed by atoms with Gasteiger partial charge in [0.15, 0.2) is 0 Å². The monoisotopic (exact) mass is 275 g/mol. The minimum absolute atomic E-state index is 0.162. The summed E-state index contributed by atoms with van der Waals surface area (Å²) in [5.74, 6) is -0.480. The molecule has 1 aliphatic rings. The van der Waals surface area contributed by atoms with Gasteiger partial charge >= 0.3 is 5.97 Å². The predicted molar refractivity (Wildman–Crippen MR) is 72.6 cm³/mol. The fourth-order valence-corrected chi connectivity index (χ4v) is 2.60. The van der Waals surface area contributed by atoms with Crippen molar-refractivity contribution >= 4 is 11.8 Å². The van der Waals surface area contributed by atoms with Crippen LogP contribution >= 0.6 is 0 Å². The number of anilines is 1. The van der Waals surface area contributed by atoms with Crippen molar-refractivity contribution in [3.05, 3.63) is 22.9 Å². The molecule has 20 heavy (non-hydrogen) atoms. The van der Waals surface area contributed by atoms with Crippen molar-refractivity contribution in [2.45, 2.75) is 32.4 Å². The zero-order chi connectivity index (χ0) is 14.9. The maximum Gasteiger partial charge on any atom is 0.326 e. The number of carbonyl (C=O) groups is 1. The molecule has 0 amide bonds. The van der Waals surface area contributed by atoms with Crippen LogP contribution in [0.15, 0.2) is 6.07 Å². The number of methoxy groups -OCH3 is 1. The first-order valence-corrected chi connectivity index (χ1v) is 6.38. The van der Waals surface area contributed by atoms with Crippen LogP contribution in [0.3, 0.4) is 0 Å². The number of pyridine rings is 1. The third-order valence-corrected chi connectivity index (χ3v) is 3.59. The van der Waals surface area contributed by atoms with Gasteiger partial charge < -0.3 is 14.7 Å². The summed E-state index contributed by atoms with van der Waals surface area (Å²) in [7, 11) is 1.56. The minimum atomic E-state index is -0.922. The van der Waals surface area contributed by atoms with Crippen LogP contribution in [-0.4, -0.2) is 41.9 Å². The van der Waals surface area contributed by atoms with Crippen molar-refractivity contribution in [1.29, 1.82) is 5.26 Å². The van der Waals surface area contributed by atoms with Gasteiger partial charge in [-0.05, 0) is 25.5 Å². The predicted octanol–water partition coefficient (Wildman–Crippen LogP) is 1.25. The van der Waals surface area contributed by atoms with E-state index in [-0.39, 0.29) is 6.10 Å². The normalized spacial score (nSPS) is 21.8. The quantitative estimate of drug-likeness (QED) is 0.893. The van der Waals surface area contributed by atoms with Crippen LogP contribution < -0.4 is 4.90 Å². The fourth-order valence-electron chi connectivity index (χ4n) is 2.60. The second kappa shape index (κ2) is 5.47. The second-order valence-electron chi connectivity index (χ2n) is 4.99. The standard InChI is InChI=1S/C14H17N3O3/c1-8-4-9(2)16-13(11(8)6-15)17-7-10(20-3)5-12(17)14(18)19/h4,10,12H,5,7H2,1-3H3,(H,18,19). The van der Waals surface area contributed by atoms with Crippen molar-refractivity contribution in [2.75, 3.05) is 18.6 Å². The molecule has 0 spiro atoms. The second-order valence-corrected chi connectivity index (χ2v) is 4.99. The number of nitriles is 1. The molecule has 2 heterocycles. The van der Waals surface area contributed by atoms with Crippen LogP contribution in [0.5, 0.6) is 0 Å². The minimum Gasteiger partial charge on any atom is -0.480 e. The lowest BCUT2D eigenvalue weighted by atomic mass is 10.1. The zero-order valence-corrected chi connectivity index (χ0v) is 11.8. The summed E-state index contributed by atoms with van der Waals surface area (Å²) in [5.41, 5.74) is 2.00. The van der Waals surface area contributed by atoms with Gasteiger partial charge in [0, 0.05) is 25.8 Å². The Bertz CT molecular complexity index is 580. The van der Waals surface area contributed by atoms with Crippen molar-refractivity contribution in [3.8, 4) is 6.07 Å². The number of aryl methyl sites for hydroxylation is 2. The maximum absolute atomic E-state index is 11.4. The summed E-state index contributed by atoms with van der Waals surface area (Å²) in [5, 5.41) is 18.7. The summed E-state index contributed by atoms with van der Waals surface area (Å²) in [6, 6.07) is 3.24. The molecule has 2 rings (SSSR count). The number of hydrogen-bond acceptors (Lipinski definition) is 5. The highest BCUT2D eigenvalue weighted by Gasteiger charge is 2.39. The van der Waals surface area contributed by atoms with Crippen molar-refractivity contribution in [2.24, 2.45) is 0 Å².